The van der Waals surface area contributed by atoms with E-state index in [0.717, 1.165) is 22.6 Å². The second-order valence-corrected chi connectivity index (χ2v) is 11.0. The lowest BCUT2D eigenvalue weighted by Gasteiger charge is -2.38. The van der Waals surface area contributed by atoms with E-state index < -0.39 is 15.4 Å². The normalized spacial score (nSPS) is 20.7. The third-order valence-corrected chi connectivity index (χ3v) is 8.48. The SMILES string of the molecule is COc1cccc(CNC(=O)[C@@]2(C)CCCN(S(=O)(=O)c3ccc(Cl)s3)C2)c1. The third-order valence-electron chi connectivity index (χ3n) is 4.94. The average molecular weight is 443 g/mol. The van der Waals surface area contributed by atoms with Crippen LogP contribution >= 0.6 is 22.9 Å². The molecule has 1 aromatic carbocycles. The first kappa shape index (κ1) is 21.1. The van der Waals surface area contributed by atoms with Crippen LogP contribution in [-0.4, -0.2) is 38.8 Å². The number of methoxy groups -OCH3 is 1. The minimum Gasteiger partial charge on any atom is -0.497 e. The van der Waals surface area contributed by atoms with Gasteiger partial charge in [0.15, 0.2) is 0 Å². The maximum absolute atomic E-state index is 12.9. The largest absolute Gasteiger partial charge is 0.497 e. The van der Waals surface area contributed by atoms with E-state index in [1.165, 1.54) is 10.4 Å². The van der Waals surface area contributed by atoms with Crippen LogP contribution < -0.4 is 10.1 Å². The van der Waals surface area contributed by atoms with Gasteiger partial charge in [0.05, 0.1) is 16.9 Å². The Morgan fingerprint density at radius 1 is 1.36 bits per heavy atom. The Morgan fingerprint density at radius 3 is 2.82 bits per heavy atom. The molecule has 1 amide bonds. The van der Waals surface area contributed by atoms with Gasteiger partial charge in [-0.15, -0.1) is 11.3 Å². The van der Waals surface area contributed by atoms with Crippen LogP contribution in [0.15, 0.2) is 40.6 Å². The Morgan fingerprint density at radius 2 is 2.14 bits per heavy atom. The number of amides is 1. The molecule has 0 spiro atoms. The highest BCUT2D eigenvalue weighted by molar-refractivity contribution is 7.91. The van der Waals surface area contributed by atoms with Crippen LogP contribution in [0.25, 0.3) is 0 Å². The maximum Gasteiger partial charge on any atom is 0.252 e. The van der Waals surface area contributed by atoms with E-state index in [4.69, 9.17) is 16.3 Å². The van der Waals surface area contributed by atoms with E-state index in [0.29, 0.717) is 30.3 Å². The Bertz CT molecular complexity index is 960. The molecule has 28 heavy (non-hydrogen) atoms. The van der Waals surface area contributed by atoms with Crippen LogP contribution in [0.4, 0.5) is 0 Å². The summed E-state index contributed by atoms with van der Waals surface area (Å²) < 4.78 is 33.0. The number of piperidine rings is 1. The summed E-state index contributed by atoms with van der Waals surface area (Å²) >= 11 is 6.93. The van der Waals surface area contributed by atoms with E-state index >= 15 is 0 Å². The number of benzene rings is 1. The van der Waals surface area contributed by atoms with Crippen molar-refractivity contribution in [1.82, 2.24) is 9.62 Å². The molecule has 0 bridgehead atoms. The number of nitrogens with one attached hydrogen (secondary N) is 1. The lowest BCUT2D eigenvalue weighted by atomic mass is 9.82. The van der Waals surface area contributed by atoms with Crippen molar-refractivity contribution in [3.63, 3.8) is 0 Å². The van der Waals surface area contributed by atoms with Gasteiger partial charge in [0.2, 0.25) is 5.91 Å². The number of carbonyl (C=O) groups excluding carboxylic acids is 1. The second-order valence-electron chi connectivity index (χ2n) is 7.10. The quantitative estimate of drug-likeness (QED) is 0.742. The van der Waals surface area contributed by atoms with Gasteiger partial charge in [-0.05, 0) is 49.6 Å². The Kier molecular flexibility index (Phi) is 6.34. The number of hydrogen-bond donors (Lipinski definition) is 1. The molecule has 1 saturated heterocycles. The summed E-state index contributed by atoms with van der Waals surface area (Å²) in [5.74, 6) is 0.571. The molecule has 9 heteroatoms. The number of hydrogen-bond acceptors (Lipinski definition) is 5. The van der Waals surface area contributed by atoms with Crippen LogP contribution in [0.2, 0.25) is 4.34 Å². The monoisotopic (exact) mass is 442 g/mol. The summed E-state index contributed by atoms with van der Waals surface area (Å²) in [6, 6.07) is 10.6. The van der Waals surface area contributed by atoms with Crippen LogP contribution in [0.5, 0.6) is 5.75 Å². The molecule has 1 fully saturated rings. The highest BCUT2D eigenvalue weighted by Gasteiger charge is 2.42. The van der Waals surface area contributed by atoms with Gasteiger partial charge in [0.1, 0.15) is 9.96 Å². The lowest BCUT2D eigenvalue weighted by molar-refractivity contribution is -0.132. The molecule has 2 aromatic rings. The smallest absolute Gasteiger partial charge is 0.252 e. The molecular formula is C19H23ClN2O4S2. The van der Waals surface area contributed by atoms with Gasteiger partial charge in [-0.25, -0.2) is 8.42 Å². The van der Waals surface area contributed by atoms with Crippen molar-refractivity contribution >= 4 is 38.9 Å². The first-order valence-corrected chi connectivity index (χ1v) is 11.5. The van der Waals surface area contributed by atoms with Crippen molar-refractivity contribution in [2.75, 3.05) is 20.2 Å². The topological polar surface area (TPSA) is 75.7 Å². The third kappa shape index (κ3) is 4.51. The fourth-order valence-electron chi connectivity index (χ4n) is 3.33. The van der Waals surface area contributed by atoms with Gasteiger partial charge >= 0.3 is 0 Å². The Balaban J connectivity index is 1.69. The molecule has 1 N–H and O–H groups in total. The molecule has 0 saturated carbocycles. The first-order valence-electron chi connectivity index (χ1n) is 8.91. The molecule has 0 unspecified atom stereocenters. The molecular weight excluding hydrogens is 420 g/mol. The molecule has 0 radical (unpaired) electrons. The van der Waals surface area contributed by atoms with Crippen LogP contribution in [-0.2, 0) is 21.4 Å². The van der Waals surface area contributed by atoms with Crippen molar-refractivity contribution in [2.45, 2.75) is 30.5 Å². The number of ether oxygens (including phenoxy) is 1. The van der Waals surface area contributed by atoms with E-state index in [1.54, 1.807) is 13.2 Å². The summed E-state index contributed by atoms with van der Waals surface area (Å²) in [5.41, 5.74) is 0.135. The summed E-state index contributed by atoms with van der Waals surface area (Å²) in [7, 11) is -2.06. The van der Waals surface area contributed by atoms with E-state index in [9.17, 15) is 13.2 Å². The molecule has 1 aliphatic heterocycles. The van der Waals surface area contributed by atoms with Gasteiger partial charge in [-0.3, -0.25) is 4.79 Å². The van der Waals surface area contributed by atoms with Crippen molar-refractivity contribution in [3.8, 4) is 5.75 Å². The van der Waals surface area contributed by atoms with Crippen molar-refractivity contribution in [1.29, 1.82) is 0 Å². The Labute approximate surface area is 174 Å². The molecule has 0 aliphatic carbocycles. The lowest BCUT2D eigenvalue weighted by Crippen LogP contribution is -2.51. The maximum atomic E-state index is 12.9. The summed E-state index contributed by atoms with van der Waals surface area (Å²) in [6.45, 7) is 2.72. The zero-order valence-electron chi connectivity index (χ0n) is 15.8. The van der Waals surface area contributed by atoms with E-state index in [1.807, 2.05) is 31.2 Å². The minimum absolute atomic E-state index is 0.148. The van der Waals surface area contributed by atoms with Crippen LogP contribution in [0.3, 0.4) is 0 Å². The molecule has 1 atom stereocenters. The van der Waals surface area contributed by atoms with Crippen molar-refractivity contribution in [2.24, 2.45) is 5.41 Å². The fraction of sp³-hybridized carbons (Fsp3) is 0.421. The van der Waals surface area contributed by atoms with Crippen LogP contribution in [0, 0.1) is 5.41 Å². The standard InChI is InChI=1S/C19H23ClN2O4S2/c1-19(18(23)21-12-14-5-3-6-15(11-14)26-2)9-4-10-22(13-19)28(24,25)17-8-7-16(20)27-17/h3,5-8,11H,4,9-10,12-13H2,1-2H3,(H,21,23)/t19-/m0/s1. The van der Waals surface area contributed by atoms with Crippen LogP contribution in [0.1, 0.15) is 25.3 Å². The van der Waals surface area contributed by atoms with Gasteiger partial charge < -0.3 is 10.1 Å². The molecule has 1 aliphatic rings. The summed E-state index contributed by atoms with van der Waals surface area (Å²) in [4.78, 5) is 12.9. The second kappa shape index (κ2) is 8.41. The van der Waals surface area contributed by atoms with Gasteiger partial charge in [0, 0.05) is 19.6 Å². The number of sulfonamides is 1. The number of rotatable bonds is 6. The van der Waals surface area contributed by atoms with Crippen molar-refractivity contribution in [3.05, 3.63) is 46.3 Å². The van der Waals surface area contributed by atoms with Gasteiger partial charge in [-0.2, -0.15) is 4.31 Å². The number of thiophene rings is 1. The zero-order valence-corrected chi connectivity index (χ0v) is 18.2. The minimum atomic E-state index is -3.65. The van der Waals surface area contributed by atoms with Crippen molar-refractivity contribution < 1.29 is 17.9 Å². The van der Waals surface area contributed by atoms with Gasteiger partial charge in [-0.1, -0.05) is 23.7 Å². The highest BCUT2D eigenvalue weighted by atomic mass is 35.5. The summed E-state index contributed by atoms with van der Waals surface area (Å²) in [6.07, 6.45) is 1.26. The predicted molar refractivity (Wildman–Crippen MR) is 110 cm³/mol. The van der Waals surface area contributed by atoms with E-state index in [-0.39, 0.29) is 16.7 Å². The zero-order chi connectivity index (χ0) is 20.4. The van der Waals surface area contributed by atoms with Gasteiger partial charge in [0.25, 0.3) is 10.0 Å². The molecule has 3 rings (SSSR count). The Hall–Kier alpha value is -1.61. The number of carbonyl (C=O) groups is 1. The fourth-order valence-corrected chi connectivity index (χ4v) is 6.56. The highest BCUT2D eigenvalue weighted by Crippen LogP contribution is 2.35. The molecule has 2 heterocycles. The number of halogens is 1. The molecule has 1 aromatic heterocycles. The average Bonchev–Trinajstić information content (AvgIpc) is 3.13. The molecule has 152 valence electrons. The predicted octanol–water partition coefficient (Wildman–Crippen LogP) is 3.52. The first-order chi connectivity index (χ1) is 13.2. The molecule has 6 nitrogen and oxygen atoms in total. The van der Waals surface area contributed by atoms with E-state index in [2.05, 4.69) is 5.32 Å². The number of nitrogens with zero attached hydrogens (tertiary/aromatic N) is 1. The summed E-state index contributed by atoms with van der Waals surface area (Å²) in [5, 5.41) is 2.94.